The molecule has 0 saturated carbocycles. The molecule has 1 atom stereocenters. The summed E-state index contributed by atoms with van der Waals surface area (Å²) in [6.07, 6.45) is 3.09. The monoisotopic (exact) mass is 442 g/mol. The number of fused-ring (bicyclic) bond motifs is 4. The van der Waals surface area contributed by atoms with Crippen molar-refractivity contribution in [3.8, 4) is 27.2 Å². The Labute approximate surface area is 170 Å². The number of nitrogens with zero attached hydrogens (tertiary/aromatic N) is 2. The number of methoxy groups -OCH3 is 1. The normalized spacial score (nSPS) is 19.0. The summed E-state index contributed by atoms with van der Waals surface area (Å²) in [7, 11) is 1.68. The molecule has 1 aliphatic carbocycles. The van der Waals surface area contributed by atoms with Gasteiger partial charge in [-0.05, 0) is 0 Å². The first-order valence-corrected chi connectivity index (χ1v) is 11.1. The van der Waals surface area contributed by atoms with Gasteiger partial charge >= 0.3 is 171 Å². The molecular weight excluding hydrogens is 419 g/mol. The van der Waals surface area contributed by atoms with Gasteiger partial charge in [0.15, 0.2) is 0 Å². The fourth-order valence-corrected chi connectivity index (χ4v) is 5.84. The average Bonchev–Trinajstić information content (AvgIpc) is 3.19. The molecule has 5 nitrogen and oxygen atoms in total. The SMILES string of the molecule is COc1cc2c(cc1OC1CCc3ccccc3C1)OC(C)(C)c1nn[se]c1-2. The van der Waals surface area contributed by atoms with Gasteiger partial charge in [-0.3, -0.25) is 0 Å². The second-order valence-corrected chi connectivity index (χ2v) is 9.40. The Balaban J connectivity index is 1.49. The second kappa shape index (κ2) is 6.64. The van der Waals surface area contributed by atoms with Crippen molar-refractivity contribution in [1.82, 2.24) is 9.19 Å². The molecule has 0 N–H and O–H groups in total. The summed E-state index contributed by atoms with van der Waals surface area (Å²) in [5.74, 6) is 2.30. The minimum absolute atomic E-state index is 0.0222. The Morgan fingerprint density at radius 3 is 2.79 bits per heavy atom. The van der Waals surface area contributed by atoms with Crippen molar-refractivity contribution in [2.75, 3.05) is 7.11 Å². The van der Waals surface area contributed by atoms with Crippen LogP contribution in [0, 0.1) is 0 Å². The number of ether oxygens (including phenoxy) is 3. The summed E-state index contributed by atoms with van der Waals surface area (Å²) in [4.78, 5) is 0. The third kappa shape index (κ3) is 2.92. The molecule has 1 unspecified atom stereocenters. The zero-order valence-corrected chi connectivity index (χ0v) is 17.9. The molecule has 5 rings (SSSR count). The van der Waals surface area contributed by atoms with E-state index < -0.39 is 5.60 Å². The third-order valence-electron chi connectivity index (χ3n) is 5.53. The van der Waals surface area contributed by atoms with Crippen molar-refractivity contribution in [1.29, 1.82) is 0 Å². The van der Waals surface area contributed by atoms with Gasteiger partial charge in [-0.25, -0.2) is 0 Å². The Morgan fingerprint density at radius 1 is 1.14 bits per heavy atom. The van der Waals surface area contributed by atoms with E-state index in [2.05, 4.69) is 33.5 Å². The van der Waals surface area contributed by atoms with E-state index in [4.69, 9.17) is 14.2 Å². The molecule has 3 aromatic rings. The maximum atomic E-state index is 6.42. The molecule has 1 aromatic heterocycles. The molecule has 0 fully saturated rings. The summed E-state index contributed by atoms with van der Waals surface area (Å²) < 4.78 is 23.8. The topological polar surface area (TPSA) is 53.5 Å². The van der Waals surface area contributed by atoms with Gasteiger partial charge in [-0.15, -0.1) is 0 Å². The summed E-state index contributed by atoms with van der Waals surface area (Å²) in [5.41, 5.74) is 4.27. The van der Waals surface area contributed by atoms with Crippen molar-refractivity contribution in [2.24, 2.45) is 0 Å². The minimum atomic E-state index is -0.486. The fraction of sp³-hybridized carbons (Fsp3) is 0.364. The molecule has 2 aromatic carbocycles. The average molecular weight is 441 g/mol. The molecule has 0 radical (unpaired) electrons. The van der Waals surface area contributed by atoms with Crippen LogP contribution in [0.1, 0.15) is 37.1 Å². The first-order valence-electron chi connectivity index (χ1n) is 9.53. The predicted molar refractivity (Wildman–Crippen MR) is 107 cm³/mol. The van der Waals surface area contributed by atoms with E-state index in [9.17, 15) is 0 Å². The summed E-state index contributed by atoms with van der Waals surface area (Å²) in [6.45, 7) is 4.07. The molecular formula is C22H22N2O3Se. The third-order valence-corrected chi connectivity index (χ3v) is 7.12. The number of aromatic nitrogens is 2. The van der Waals surface area contributed by atoms with Gasteiger partial charge in [0.05, 0.1) is 0 Å². The molecule has 2 aliphatic rings. The molecule has 0 bridgehead atoms. The second-order valence-electron chi connectivity index (χ2n) is 7.81. The molecule has 2 heterocycles. The number of benzene rings is 2. The van der Waals surface area contributed by atoms with Crippen molar-refractivity contribution in [3.63, 3.8) is 0 Å². The number of rotatable bonds is 3. The van der Waals surface area contributed by atoms with Crippen molar-refractivity contribution in [2.45, 2.75) is 44.8 Å². The van der Waals surface area contributed by atoms with E-state index in [1.54, 1.807) is 7.11 Å². The van der Waals surface area contributed by atoms with E-state index in [0.29, 0.717) is 0 Å². The maximum absolute atomic E-state index is 6.42. The number of hydrogen-bond acceptors (Lipinski definition) is 5. The van der Waals surface area contributed by atoms with E-state index in [1.165, 1.54) is 15.6 Å². The van der Waals surface area contributed by atoms with Gasteiger partial charge in [0.25, 0.3) is 0 Å². The quantitative estimate of drug-likeness (QED) is 0.580. The standard InChI is InChI=1S/C22H22N2O3Se/c1-22(2)21-20(28-24-23-21)16-11-18(25-3)19(12-17(16)27-22)26-15-9-8-13-6-4-5-7-14(13)10-15/h4-7,11-12,15H,8-10H2,1-3H3. The van der Waals surface area contributed by atoms with Crippen LogP contribution in [-0.4, -0.2) is 37.1 Å². The van der Waals surface area contributed by atoms with E-state index in [1.807, 2.05) is 26.0 Å². The molecule has 0 spiro atoms. The van der Waals surface area contributed by atoms with E-state index >= 15 is 0 Å². The van der Waals surface area contributed by atoms with E-state index in [0.717, 1.165) is 47.8 Å². The van der Waals surface area contributed by atoms with Crippen molar-refractivity contribution < 1.29 is 14.2 Å². The van der Waals surface area contributed by atoms with Crippen LogP contribution >= 0.6 is 0 Å². The van der Waals surface area contributed by atoms with Crippen LogP contribution in [0.25, 0.3) is 10.0 Å². The number of aryl methyl sites for hydroxylation is 1. The molecule has 0 saturated heterocycles. The molecule has 28 heavy (non-hydrogen) atoms. The zero-order chi connectivity index (χ0) is 19.3. The molecule has 0 amide bonds. The van der Waals surface area contributed by atoms with Gasteiger partial charge < -0.3 is 0 Å². The Hall–Kier alpha value is -2.30. The van der Waals surface area contributed by atoms with Crippen LogP contribution in [-0.2, 0) is 18.4 Å². The van der Waals surface area contributed by atoms with Gasteiger partial charge in [0.1, 0.15) is 0 Å². The first kappa shape index (κ1) is 17.8. The number of hydrogen-bond donors (Lipinski definition) is 0. The zero-order valence-electron chi connectivity index (χ0n) is 16.2. The van der Waals surface area contributed by atoms with E-state index in [-0.39, 0.29) is 20.8 Å². The van der Waals surface area contributed by atoms with Gasteiger partial charge in [-0.1, -0.05) is 0 Å². The Morgan fingerprint density at radius 2 is 1.96 bits per heavy atom. The predicted octanol–water partition coefficient (Wildman–Crippen LogP) is 3.77. The van der Waals surface area contributed by atoms with Crippen molar-refractivity contribution in [3.05, 3.63) is 53.2 Å². The summed E-state index contributed by atoms with van der Waals surface area (Å²) in [5, 5.41) is 4.34. The van der Waals surface area contributed by atoms with Crippen LogP contribution in [0.4, 0.5) is 0 Å². The van der Waals surface area contributed by atoms with Crippen LogP contribution in [0.5, 0.6) is 17.2 Å². The Kier molecular flexibility index (Phi) is 4.22. The van der Waals surface area contributed by atoms with Gasteiger partial charge in [0.2, 0.25) is 0 Å². The van der Waals surface area contributed by atoms with Crippen LogP contribution in [0.15, 0.2) is 36.4 Å². The van der Waals surface area contributed by atoms with Crippen LogP contribution in [0.3, 0.4) is 0 Å². The fourth-order valence-electron chi connectivity index (χ4n) is 4.08. The van der Waals surface area contributed by atoms with Crippen molar-refractivity contribution >= 4 is 14.7 Å². The first-order chi connectivity index (χ1) is 13.5. The van der Waals surface area contributed by atoms with Crippen LogP contribution < -0.4 is 14.2 Å². The van der Waals surface area contributed by atoms with Gasteiger partial charge in [-0.2, -0.15) is 0 Å². The molecule has 6 heteroatoms. The van der Waals surface area contributed by atoms with Gasteiger partial charge in [0, 0.05) is 0 Å². The molecule has 144 valence electrons. The summed E-state index contributed by atoms with van der Waals surface area (Å²) in [6, 6.07) is 12.6. The Bertz CT molecular complexity index is 1040. The van der Waals surface area contributed by atoms with Crippen LogP contribution in [0.2, 0.25) is 0 Å². The molecule has 1 aliphatic heterocycles. The summed E-state index contributed by atoms with van der Waals surface area (Å²) >= 11 is -0.0222.